The van der Waals surface area contributed by atoms with Crippen LogP contribution in [0.1, 0.15) is 27.8 Å². The van der Waals surface area contributed by atoms with Crippen molar-refractivity contribution in [1.82, 2.24) is 9.13 Å². The molecule has 10 rings (SSSR count). The molecule has 0 saturated carbocycles. The topological polar surface area (TPSA) is 81.2 Å². The normalized spacial score (nSPS) is 11.9. The molecular weight excluding hydrogens is 821 g/mol. The van der Waals surface area contributed by atoms with Gasteiger partial charge in [0.15, 0.2) is 0 Å². The SMILES string of the molecule is N#Cc1cccc(-c2ccc3c4ccccc4n(-c4cc(-c5c(C(F)(F)F)cccc5C(F)(F)F)c(-n5c6ccccc6c6ccc(-c7cccc(C#N)c7)cc65)cc4C#N)c3c2)c1. The molecule has 0 aliphatic rings. The summed E-state index contributed by atoms with van der Waals surface area (Å²) in [4.78, 5) is 0. The second kappa shape index (κ2) is 14.8. The van der Waals surface area contributed by atoms with Crippen LogP contribution in [0.4, 0.5) is 26.3 Å². The Morgan fingerprint density at radius 1 is 0.375 bits per heavy atom. The second-order valence-corrected chi connectivity index (χ2v) is 15.3. The average molecular weight is 848 g/mol. The standard InChI is InChI=1S/C53H27F6N5/c54-52(55,56)43-14-7-15-44(53(57,58)59)51(43)42-27-47(63-45-16-3-1-12-38(45)40-20-18-35(24-48(40)63)33-10-5-8-31(22-33)28-60)37(30-62)26-50(42)64-46-17-4-2-13-39(46)41-21-19-36(25-49(41)64)34-11-6-9-32(23-34)29-61/h1-27H. The Morgan fingerprint density at radius 2 is 0.812 bits per heavy atom. The smallest absolute Gasteiger partial charge is 0.309 e. The van der Waals surface area contributed by atoms with E-state index in [-0.39, 0.29) is 16.9 Å². The van der Waals surface area contributed by atoms with Crippen LogP contribution < -0.4 is 0 Å². The van der Waals surface area contributed by atoms with Gasteiger partial charge in [0.25, 0.3) is 0 Å². The molecule has 0 aliphatic heterocycles. The monoisotopic (exact) mass is 847 g/mol. The van der Waals surface area contributed by atoms with Crippen LogP contribution in [-0.4, -0.2) is 9.13 Å². The molecule has 0 spiro atoms. The van der Waals surface area contributed by atoms with Crippen molar-refractivity contribution in [3.8, 4) is 63.0 Å². The van der Waals surface area contributed by atoms with Gasteiger partial charge in [0.2, 0.25) is 0 Å². The Bertz CT molecular complexity index is 3670. The Morgan fingerprint density at radius 3 is 1.28 bits per heavy atom. The number of halogens is 6. The van der Waals surface area contributed by atoms with Crippen molar-refractivity contribution in [1.29, 1.82) is 15.8 Å². The molecule has 0 aliphatic carbocycles. The maximum atomic E-state index is 15.3. The molecule has 0 amide bonds. The summed E-state index contributed by atoms with van der Waals surface area (Å²) in [5, 5.41) is 33.1. The summed E-state index contributed by atoms with van der Waals surface area (Å²) in [5.41, 5.74) is 0.907. The molecule has 0 atom stereocenters. The number of hydrogen-bond donors (Lipinski definition) is 0. The third-order valence-electron chi connectivity index (χ3n) is 11.7. The zero-order chi connectivity index (χ0) is 44.5. The molecule has 0 N–H and O–H groups in total. The number of hydrogen-bond acceptors (Lipinski definition) is 3. The van der Waals surface area contributed by atoms with Gasteiger partial charge in [-0.25, -0.2) is 0 Å². The van der Waals surface area contributed by atoms with Crippen molar-refractivity contribution in [3.63, 3.8) is 0 Å². The molecule has 306 valence electrons. The number of fused-ring (bicyclic) bond motifs is 6. The summed E-state index contributed by atoms with van der Waals surface area (Å²) in [5.74, 6) is 0. The summed E-state index contributed by atoms with van der Waals surface area (Å²) in [6.07, 6.45) is -10.5. The molecule has 64 heavy (non-hydrogen) atoms. The quantitative estimate of drug-likeness (QED) is 0.162. The lowest BCUT2D eigenvalue weighted by atomic mass is 9.90. The lowest BCUT2D eigenvalue weighted by Crippen LogP contribution is -2.15. The van der Waals surface area contributed by atoms with E-state index < -0.39 is 34.6 Å². The molecule has 11 heteroatoms. The maximum absolute atomic E-state index is 15.3. The molecule has 0 unspecified atom stereocenters. The number of alkyl halides is 6. The van der Waals surface area contributed by atoms with Crippen LogP contribution >= 0.6 is 0 Å². The van der Waals surface area contributed by atoms with E-state index in [1.807, 2.05) is 54.6 Å². The molecule has 0 saturated heterocycles. The summed E-state index contributed by atoms with van der Waals surface area (Å²) in [6, 6.07) is 50.3. The van der Waals surface area contributed by atoms with Crippen molar-refractivity contribution in [2.75, 3.05) is 0 Å². The third kappa shape index (κ3) is 6.40. The first-order valence-corrected chi connectivity index (χ1v) is 19.8. The Labute approximate surface area is 360 Å². The molecule has 0 radical (unpaired) electrons. The van der Waals surface area contributed by atoms with Gasteiger partial charge in [-0.3, -0.25) is 0 Å². The van der Waals surface area contributed by atoms with E-state index in [2.05, 4.69) is 18.2 Å². The van der Waals surface area contributed by atoms with Crippen molar-refractivity contribution >= 4 is 43.6 Å². The van der Waals surface area contributed by atoms with Crippen LogP contribution in [0.2, 0.25) is 0 Å². The highest BCUT2D eigenvalue weighted by Gasteiger charge is 2.42. The van der Waals surface area contributed by atoms with E-state index in [1.54, 1.807) is 88.0 Å². The van der Waals surface area contributed by atoms with Gasteiger partial charge in [-0.05, 0) is 95.1 Å². The van der Waals surface area contributed by atoms with Crippen molar-refractivity contribution in [2.24, 2.45) is 0 Å². The highest BCUT2D eigenvalue weighted by Crippen LogP contribution is 2.49. The predicted molar refractivity (Wildman–Crippen MR) is 236 cm³/mol. The van der Waals surface area contributed by atoms with E-state index in [1.165, 1.54) is 12.1 Å². The summed E-state index contributed by atoms with van der Waals surface area (Å²) in [6.45, 7) is 0. The van der Waals surface area contributed by atoms with Crippen LogP contribution in [0, 0.1) is 34.0 Å². The molecule has 5 nitrogen and oxygen atoms in total. The van der Waals surface area contributed by atoms with Gasteiger partial charge >= 0.3 is 12.4 Å². The predicted octanol–water partition coefficient (Wildman–Crippen LogP) is 14.5. The molecular formula is C53H27F6N5. The fourth-order valence-electron chi connectivity index (χ4n) is 8.91. The van der Waals surface area contributed by atoms with Crippen molar-refractivity contribution < 1.29 is 26.3 Å². The number of nitrogens with zero attached hydrogens (tertiary/aromatic N) is 5. The minimum atomic E-state index is -5.23. The lowest BCUT2D eigenvalue weighted by Gasteiger charge is -2.24. The molecule has 10 aromatic rings. The van der Waals surface area contributed by atoms with Gasteiger partial charge in [-0.15, -0.1) is 0 Å². The molecule has 0 bridgehead atoms. The maximum Gasteiger partial charge on any atom is 0.417 e. The lowest BCUT2D eigenvalue weighted by molar-refractivity contribution is -0.142. The van der Waals surface area contributed by atoms with Gasteiger partial charge in [-0.2, -0.15) is 42.1 Å². The number of aromatic nitrogens is 2. The van der Waals surface area contributed by atoms with Crippen LogP contribution in [0.3, 0.4) is 0 Å². The zero-order valence-corrected chi connectivity index (χ0v) is 33.1. The molecule has 2 aromatic heterocycles. The van der Waals surface area contributed by atoms with Crippen LogP contribution in [0.15, 0.2) is 164 Å². The highest BCUT2D eigenvalue weighted by atomic mass is 19.4. The minimum Gasteiger partial charge on any atom is -0.309 e. The van der Waals surface area contributed by atoms with E-state index in [9.17, 15) is 15.8 Å². The van der Waals surface area contributed by atoms with Gasteiger partial charge < -0.3 is 9.13 Å². The Balaban J connectivity index is 1.37. The number of nitriles is 3. The van der Waals surface area contributed by atoms with E-state index in [0.29, 0.717) is 83.7 Å². The summed E-state index contributed by atoms with van der Waals surface area (Å²) >= 11 is 0. The summed E-state index contributed by atoms with van der Waals surface area (Å²) < 4.78 is 95.1. The Kier molecular flexibility index (Phi) is 9.14. The van der Waals surface area contributed by atoms with Crippen LogP contribution in [-0.2, 0) is 12.4 Å². The Hall–Kier alpha value is -8.59. The zero-order valence-electron chi connectivity index (χ0n) is 33.1. The van der Waals surface area contributed by atoms with E-state index in [4.69, 9.17) is 0 Å². The largest absolute Gasteiger partial charge is 0.417 e. The summed E-state index contributed by atoms with van der Waals surface area (Å²) in [7, 11) is 0. The highest BCUT2D eigenvalue weighted by molar-refractivity contribution is 6.12. The first kappa shape index (κ1) is 39.5. The fraction of sp³-hybridized carbons (Fsp3) is 0.0377. The molecule has 0 fully saturated rings. The van der Waals surface area contributed by atoms with Crippen LogP contribution in [0.5, 0.6) is 0 Å². The fourth-order valence-corrected chi connectivity index (χ4v) is 8.91. The first-order chi connectivity index (χ1) is 30.9. The molecule has 8 aromatic carbocycles. The number of para-hydroxylation sites is 2. The number of benzene rings is 8. The van der Waals surface area contributed by atoms with Crippen molar-refractivity contribution in [3.05, 3.63) is 192 Å². The van der Waals surface area contributed by atoms with E-state index >= 15 is 26.3 Å². The minimum absolute atomic E-state index is 0.0276. The molecule has 2 heterocycles. The van der Waals surface area contributed by atoms with Crippen molar-refractivity contribution in [2.45, 2.75) is 12.4 Å². The van der Waals surface area contributed by atoms with Crippen LogP contribution in [0.25, 0.3) is 88.4 Å². The van der Waals surface area contributed by atoms with Gasteiger partial charge in [0, 0.05) is 32.7 Å². The second-order valence-electron chi connectivity index (χ2n) is 15.3. The van der Waals surface area contributed by atoms with Gasteiger partial charge in [0.05, 0.1) is 73.4 Å². The van der Waals surface area contributed by atoms with E-state index in [0.717, 1.165) is 11.5 Å². The van der Waals surface area contributed by atoms with Gasteiger partial charge in [0.1, 0.15) is 6.07 Å². The van der Waals surface area contributed by atoms with Gasteiger partial charge in [-0.1, -0.05) is 91.0 Å². The first-order valence-electron chi connectivity index (χ1n) is 19.8. The number of rotatable bonds is 5. The third-order valence-corrected chi connectivity index (χ3v) is 11.7. The average Bonchev–Trinajstić information content (AvgIpc) is 3.82.